The van der Waals surface area contributed by atoms with E-state index in [0.717, 1.165) is 24.2 Å². The number of nitrogens with two attached hydrogens (primary N) is 1. The molecule has 0 radical (unpaired) electrons. The molecule has 2 unspecified atom stereocenters. The van der Waals surface area contributed by atoms with Gasteiger partial charge in [-0.3, -0.25) is 4.21 Å². The van der Waals surface area contributed by atoms with Crippen LogP contribution in [0.4, 0.5) is 0 Å². The normalized spacial score (nSPS) is 14.7. The van der Waals surface area contributed by atoms with Gasteiger partial charge < -0.3 is 5.73 Å². The molecule has 0 aromatic heterocycles. The molecular formula is C15H25NOS. The first-order valence-electron chi connectivity index (χ1n) is 6.75. The lowest BCUT2D eigenvalue weighted by atomic mass is 10.00. The summed E-state index contributed by atoms with van der Waals surface area (Å²) >= 11 is 0. The maximum absolute atomic E-state index is 11.8. The maximum atomic E-state index is 11.8. The van der Waals surface area contributed by atoms with Crippen LogP contribution in [0, 0.1) is 0 Å². The van der Waals surface area contributed by atoms with Gasteiger partial charge in [0.2, 0.25) is 0 Å². The second-order valence-corrected chi connectivity index (χ2v) is 6.71. The fraction of sp³-hybridized carbons (Fsp3) is 0.600. The van der Waals surface area contributed by atoms with Gasteiger partial charge in [0.25, 0.3) is 0 Å². The van der Waals surface area contributed by atoms with E-state index < -0.39 is 10.8 Å². The Bertz CT molecular complexity index is 373. The van der Waals surface area contributed by atoms with Gasteiger partial charge >= 0.3 is 0 Å². The Labute approximate surface area is 113 Å². The van der Waals surface area contributed by atoms with E-state index in [1.54, 1.807) is 0 Å². The van der Waals surface area contributed by atoms with Crippen LogP contribution < -0.4 is 5.73 Å². The number of rotatable bonds is 7. The van der Waals surface area contributed by atoms with Crippen molar-refractivity contribution < 1.29 is 4.21 Å². The molecule has 3 heteroatoms. The molecule has 1 aromatic carbocycles. The molecule has 1 rings (SSSR count). The van der Waals surface area contributed by atoms with Crippen molar-refractivity contribution in [3.05, 3.63) is 35.4 Å². The molecule has 2 nitrogen and oxygen atoms in total. The highest BCUT2D eigenvalue weighted by Gasteiger charge is 2.10. The number of hydrogen-bond donors (Lipinski definition) is 1. The van der Waals surface area contributed by atoms with Gasteiger partial charge in [0.05, 0.1) is 0 Å². The summed E-state index contributed by atoms with van der Waals surface area (Å²) < 4.78 is 11.8. The Morgan fingerprint density at radius 1 is 1.17 bits per heavy atom. The zero-order chi connectivity index (χ0) is 13.5. The zero-order valence-corrected chi connectivity index (χ0v) is 12.5. The van der Waals surface area contributed by atoms with Crippen LogP contribution >= 0.6 is 0 Å². The Balaban J connectivity index is 2.56. The first-order valence-corrected chi connectivity index (χ1v) is 8.23. The highest BCUT2D eigenvalue weighted by Crippen LogP contribution is 2.18. The topological polar surface area (TPSA) is 43.1 Å². The van der Waals surface area contributed by atoms with E-state index in [2.05, 4.69) is 45.0 Å². The minimum atomic E-state index is -0.790. The van der Waals surface area contributed by atoms with Gasteiger partial charge in [0.15, 0.2) is 0 Å². The number of unbranched alkanes of at least 4 members (excludes halogenated alkanes) is 1. The largest absolute Gasteiger partial charge is 0.323 e. The Kier molecular flexibility index (Phi) is 6.58. The molecule has 102 valence electrons. The standard InChI is InChI=1S/C15H25NOS/c1-4-5-10-18(17)11-15(16)14-8-6-13(7-9-14)12(2)3/h6-9,12,15H,4-5,10-11,16H2,1-3H3. The van der Waals surface area contributed by atoms with Crippen LogP contribution in [0.2, 0.25) is 0 Å². The minimum absolute atomic E-state index is 0.107. The van der Waals surface area contributed by atoms with E-state index in [-0.39, 0.29) is 6.04 Å². The van der Waals surface area contributed by atoms with Crippen LogP contribution in [0.15, 0.2) is 24.3 Å². The fourth-order valence-corrected chi connectivity index (χ4v) is 3.18. The van der Waals surface area contributed by atoms with Gasteiger partial charge in [0.1, 0.15) is 0 Å². The molecule has 0 spiro atoms. The third-order valence-corrected chi connectivity index (χ3v) is 4.60. The second-order valence-electron chi connectivity index (χ2n) is 5.09. The summed E-state index contributed by atoms with van der Waals surface area (Å²) in [6.45, 7) is 6.46. The van der Waals surface area contributed by atoms with Crippen LogP contribution in [0.25, 0.3) is 0 Å². The minimum Gasteiger partial charge on any atom is -0.323 e. The highest BCUT2D eigenvalue weighted by molar-refractivity contribution is 7.85. The van der Waals surface area contributed by atoms with Crippen molar-refractivity contribution in [3.63, 3.8) is 0 Å². The van der Waals surface area contributed by atoms with E-state index in [1.165, 1.54) is 5.56 Å². The molecule has 0 aliphatic rings. The van der Waals surface area contributed by atoms with Crippen LogP contribution in [0.5, 0.6) is 0 Å². The summed E-state index contributed by atoms with van der Waals surface area (Å²) in [5, 5.41) is 0. The molecule has 0 aliphatic carbocycles. The van der Waals surface area contributed by atoms with Crippen LogP contribution in [0.1, 0.15) is 56.7 Å². The zero-order valence-electron chi connectivity index (χ0n) is 11.7. The smallest absolute Gasteiger partial charge is 0.0428 e. The lowest BCUT2D eigenvalue weighted by molar-refractivity contribution is 0.671. The molecule has 18 heavy (non-hydrogen) atoms. The van der Waals surface area contributed by atoms with E-state index >= 15 is 0 Å². The quantitative estimate of drug-likeness (QED) is 0.823. The second kappa shape index (κ2) is 7.70. The van der Waals surface area contributed by atoms with Crippen molar-refractivity contribution in [2.45, 2.75) is 45.6 Å². The van der Waals surface area contributed by atoms with E-state index in [0.29, 0.717) is 11.7 Å². The van der Waals surface area contributed by atoms with Crippen molar-refractivity contribution in [1.29, 1.82) is 0 Å². The Morgan fingerprint density at radius 3 is 2.22 bits per heavy atom. The average Bonchev–Trinajstić information content (AvgIpc) is 2.36. The summed E-state index contributed by atoms with van der Waals surface area (Å²) in [5.41, 5.74) is 8.51. The molecular weight excluding hydrogens is 242 g/mol. The SMILES string of the molecule is CCCCS(=O)CC(N)c1ccc(C(C)C)cc1. The predicted molar refractivity (Wildman–Crippen MR) is 80.2 cm³/mol. The maximum Gasteiger partial charge on any atom is 0.0428 e. The van der Waals surface area contributed by atoms with Gasteiger partial charge in [-0.15, -0.1) is 0 Å². The fourth-order valence-electron chi connectivity index (χ4n) is 1.81. The van der Waals surface area contributed by atoms with Crippen molar-refractivity contribution >= 4 is 10.8 Å². The van der Waals surface area contributed by atoms with Gasteiger partial charge in [0, 0.05) is 28.3 Å². The molecule has 2 atom stereocenters. The van der Waals surface area contributed by atoms with Crippen molar-refractivity contribution in [3.8, 4) is 0 Å². The lowest BCUT2D eigenvalue weighted by Gasteiger charge is -2.13. The van der Waals surface area contributed by atoms with Crippen molar-refractivity contribution in [2.24, 2.45) is 5.73 Å². The predicted octanol–water partition coefficient (Wildman–Crippen LogP) is 3.36. The van der Waals surface area contributed by atoms with E-state index in [1.807, 2.05) is 0 Å². The van der Waals surface area contributed by atoms with Gasteiger partial charge in [-0.05, 0) is 23.5 Å². The first kappa shape index (κ1) is 15.4. The summed E-state index contributed by atoms with van der Waals surface area (Å²) in [6.07, 6.45) is 2.11. The van der Waals surface area contributed by atoms with Gasteiger partial charge in [-0.1, -0.05) is 51.5 Å². The average molecular weight is 267 g/mol. The van der Waals surface area contributed by atoms with E-state index in [9.17, 15) is 4.21 Å². The Morgan fingerprint density at radius 2 is 1.72 bits per heavy atom. The molecule has 0 aliphatic heterocycles. The van der Waals surface area contributed by atoms with Crippen LogP contribution in [0.3, 0.4) is 0 Å². The summed E-state index contributed by atoms with van der Waals surface area (Å²) in [5.74, 6) is 1.88. The molecule has 1 aromatic rings. The molecule has 0 fully saturated rings. The molecule has 0 saturated heterocycles. The molecule has 2 N–H and O–H groups in total. The van der Waals surface area contributed by atoms with Gasteiger partial charge in [-0.2, -0.15) is 0 Å². The molecule has 0 saturated carbocycles. The molecule has 0 amide bonds. The van der Waals surface area contributed by atoms with Crippen LogP contribution in [-0.4, -0.2) is 15.7 Å². The third kappa shape index (κ3) is 4.91. The van der Waals surface area contributed by atoms with Crippen LogP contribution in [-0.2, 0) is 10.8 Å². The number of benzene rings is 1. The molecule has 0 bridgehead atoms. The van der Waals surface area contributed by atoms with Crippen molar-refractivity contribution in [1.82, 2.24) is 0 Å². The Hall–Kier alpha value is -0.670. The van der Waals surface area contributed by atoms with Crippen molar-refractivity contribution in [2.75, 3.05) is 11.5 Å². The van der Waals surface area contributed by atoms with Gasteiger partial charge in [-0.25, -0.2) is 0 Å². The third-order valence-electron chi connectivity index (χ3n) is 3.12. The lowest BCUT2D eigenvalue weighted by Crippen LogP contribution is -2.19. The number of hydrogen-bond acceptors (Lipinski definition) is 2. The highest BCUT2D eigenvalue weighted by atomic mass is 32.2. The van der Waals surface area contributed by atoms with E-state index in [4.69, 9.17) is 5.73 Å². The summed E-state index contributed by atoms with van der Waals surface area (Å²) in [6, 6.07) is 8.27. The monoisotopic (exact) mass is 267 g/mol. The summed E-state index contributed by atoms with van der Waals surface area (Å²) in [4.78, 5) is 0. The summed E-state index contributed by atoms with van der Waals surface area (Å²) in [7, 11) is -0.790. The first-order chi connectivity index (χ1) is 8.54. The molecule has 0 heterocycles.